The number of para-hydroxylation sites is 3. The van der Waals surface area contributed by atoms with Gasteiger partial charge in [0.2, 0.25) is 0 Å². The van der Waals surface area contributed by atoms with Crippen molar-refractivity contribution in [3.8, 4) is 67.8 Å². The molecule has 1 aliphatic rings. The highest BCUT2D eigenvalue weighted by molar-refractivity contribution is 7.99. The van der Waals surface area contributed by atoms with Crippen molar-refractivity contribution in [3.63, 3.8) is 0 Å². The smallest absolute Gasteiger partial charge is 0.164 e. The molecule has 0 saturated carbocycles. The molecule has 12 aromatic rings. The maximum atomic E-state index is 5.14. The molecule has 4 heterocycles. The zero-order chi connectivity index (χ0) is 41.4. The molecule has 0 fully saturated rings. The van der Waals surface area contributed by atoms with Gasteiger partial charge in [0.05, 0.1) is 16.7 Å². The summed E-state index contributed by atoms with van der Waals surface area (Å²) >= 11 is 1.85. The van der Waals surface area contributed by atoms with Crippen LogP contribution in [0, 0.1) is 0 Å². The van der Waals surface area contributed by atoms with E-state index in [1.165, 1.54) is 53.7 Å². The zero-order valence-electron chi connectivity index (χ0n) is 33.9. The first-order valence-corrected chi connectivity index (χ1v) is 22.0. The first kappa shape index (κ1) is 35.7. The van der Waals surface area contributed by atoms with Gasteiger partial charge < -0.3 is 0 Å². The molecule has 0 amide bonds. The quantitative estimate of drug-likeness (QED) is 0.168. The van der Waals surface area contributed by atoms with Crippen molar-refractivity contribution in [1.82, 2.24) is 24.1 Å². The van der Waals surface area contributed by atoms with Gasteiger partial charge in [-0.1, -0.05) is 176 Å². The Labute approximate surface area is 367 Å². The fraction of sp³-hybridized carbons (Fsp3) is 0. The zero-order valence-corrected chi connectivity index (χ0v) is 34.7. The van der Waals surface area contributed by atoms with Gasteiger partial charge >= 0.3 is 0 Å². The minimum Gasteiger partial charge on any atom is -0.295 e. The molecular formula is C57H35N5S. The molecule has 3 aromatic heterocycles. The van der Waals surface area contributed by atoms with E-state index in [1.807, 2.05) is 17.8 Å². The molecule has 5 nitrogen and oxygen atoms in total. The topological polar surface area (TPSA) is 48.5 Å². The van der Waals surface area contributed by atoms with Gasteiger partial charge in [-0.3, -0.25) is 9.13 Å². The molecule has 0 bridgehead atoms. The van der Waals surface area contributed by atoms with Crippen molar-refractivity contribution in [2.24, 2.45) is 0 Å². The van der Waals surface area contributed by atoms with Crippen LogP contribution < -0.4 is 0 Å². The Bertz CT molecular complexity index is 3760. The van der Waals surface area contributed by atoms with E-state index in [0.29, 0.717) is 17.5 Å². The van der Waals surface area contributed by atoms with E-state index in [1.54, 1.807) is 0 Å². The van der Waals surface area contributed by atoms with Crippen LogP contribution >= 0.6 is 11.8 Å². The molecular weight excluding hydrogens is 787 g/mol. The number of rotatable bonds is 6. The first-order chi connectivity index (χ1) is 31.2. The van der Waals surface area contributed by atoms with Gasteiger partial charge in [0.1, 0.15) is 5.65 Å². The van der Waals surface area contributed by atoms with Crippen molar-refractivity contribution in [3.05, 3.63) is 212 Å². The molecule has 6 heteroatoms. The lowest BCUT2D eigenvalue weighted by Gasteiger charge is -2.22. The Morgan fingerprint density at radius 3 is 1.75 bits per heavy atom. The van der Waals surface area contributed by atoms with Crippen LogP contribution in [0.15, 0.2) is 222 Å². The maximum absolute atomic E-state index is 5.14. The van der Waals surface area contributed by atoms with Gasteiger partial charge in [-0.25, -0.2) is 15.0 Å². The third kappa shape index (κ3) is 5.83. The van der Waals surface area contributed by atoms with Gasteiger partial charge in [-0.05, 0) is 81.6 Å². The number of fused-ring (bicyclic) bond motifs is 8. The third-order valence-corrected chi connectivity index (χ3v) is 13.4. The van der Waals surface area contributed by atoms with Crippen LogP contribution in [0.2, 0.25) is 0 Å². The Morgan fingerprint density at radius 2 is 0.921 bits per heavy atom. The van der Waals surface area contributed by atoms with E-state index >= 15 is 0 Å². The van der Waals surface area contributed by atoms with E-state index in [-0.39, 0.29) is 0 Å². The number of aromatic nitrogens is 5. The second kappa shape index (κ2) is 14.3. The molecule has 0 saturated heterocycles. The van der Waals surface area contributed by atoms with Crippen LogP contribution in [0.3, 0.4) is 0 Å². The number of nitrogens with zero attached hydrogens (tertiary/aromatic N) is 5. The Kier molecular flexibility index (Phi) is 8.08. The molecule has 0 N–H and O–H groups in total. The Hall–Kier alpha value is -8.06. The molecule has 9 aromatic carbocycles. The lowest BCUT2D eigenvalue weighted by Crippen LogP contribution is -2.06. The summed E-state index contributed by atoms with van der Waals surface area (Å²) in [6.45, 7) is 0. The average Bonchev–Trinajstić information content (AvgIpc) is 3.88. The molecule has 0 aliphatic carbocycles. The van der Waals surface area contributed by atoms with Crippen LogP contribution in [-0.4, -0.2) is 24.1 Å². The predicted octanol–water partition coefficient (Wildman–Crippen LogP) is 14.9. The van der Waals surface area contributed by atoms with Gasteiger partial charge in [0.25, 0.3) is 0 Å². The highest BCUT2D eigenvalue weighted by Gasteiger charge is 2.28. The summed E-state index contributed by atoms with van der Waals surface area (Å²) in [4.78, 5) is 17.9. The molecule has 1 aliphatic heterocycles. The fourth-order valence-corrected chi connectivity index (χ4v) is 10.4. The second-order valence-electron chi connectivity index (χ2n) is 16.1. The van der Waals surface area contributed by atoms with Crippen molar-refractivity contribution >= 4 is 55.4 Å². The standard InChI is InChI=1S/C57H35N5S/c1-3-13-36(14-4-1)41-17-11-18-43(33-41)55-58-54(59-56(60-55)44-30-27-37-15-7-8-16-40(37)34-44)39-28-25-38(26-29-39)42-31-32-50-49(35-42)62-53-47(22-12-24-51(53)63-50)52-46-21-9-10-23-48(46)61(57(52)62)45-19-5-2-6-20-45/h1-35H. The normalized spacial score (nSPS) is 12.1. The summed E-state index contributed by atoms with van der Waals surface area (Å²) in [5, 5.41) is 6.13. The lowest BCUT2D eigenvalue weighted by atomic mass is 10.0. The van der Waals surface area contributed by atoms with Gasteiger partial charge in [0, 0.05) is 48.3 Å². The Morgan fingerprint density at radius 1 is 0.349 bits per heavy atom. The summed E-state index contributed by atoms with van der Waals surface area (Å²) < 4.78 is 4.94. The summed E-state index contributed by atoms with van der Waals surface area (Å²) in [5.41, 5.74) is 13.3. The van der Waals surface area contributed by atoms with E-state index in [9.17, 15) is 0 Å². The minimum atomic E-state index is 0.629. The van der Waals surface area contributed by atoms with Crippen molar-refractivity contribution in [1.29, 1.82) is 0 Å². The summed E-state index contributed by atoms with van der Waals surface area (Å²) in [7, 11) is 0. The van der Waals surface area contributed by atoms with Crippen LogP contribution in [0.25, 0.3) is 111 Å². The summed E-state index contributed by atoms with van der Waals surface area (Å²) in [5.74, 6) is 1.90. The SMILES string of the molecule is c1ccc(-c2cccc(-c3nc(-c4ccc(-c5ccc6c(c5)-n5c7c(cccc7c7c8ccccc8n(-c8ccccc8)c75)S6)cc4)nc(-c4ccc5ccccc5c4)n3)c2)cc1. The minimum absolute atomic E-state index is 0.629. The largest absolute Gasteiger partial charge is 0.295 e. The van der Waals surface area contributed by atoms with Crippen LogP contribution in [0.1, 0.15) is 0 Å². The highest BCUT2D eigenvalue weighted by Crippen LogP contribution is 2.50. The van der Waals surface area contributed by atoms with Gasteiger partial charge in [-0.2, -0.15) is 0 Å². The predicted molar refractivity (Wildman–Crippen MR) is 260 cm³/mol. The van der Waals surface area contributed by atoms with Gasteiger partial charge in [0.15, 0.2) is 17.5 Å². The monoisotopic (exact) mass is 821 g/mol. The molecule has 63 heavy (non-hydrogen) atoms. The molecule has 0 spiro atoms. The van der Waals surface area contributed by atoms with Crippen molar-refractivity contribution in [2.45, 2.75) is 9.79 Å². The highest BCUT2D eigenvalue weighted by atomic mass is 32.2. The molecule has 0 unspecified atom stereocenters. The molecule has 0 radical (unpaired) electrons. The number of hydrogen-bond acceptors (Lipinski definition) is 4. The first-order valence-electron chi connectivity index (χ1n) is 21.2. The van der Waals surface area contributed by atoms with E-state index in [2.05, 4.69) is 215 Å². The third-order valence-electron chi connectivity index (χ3n) is 12.3. The second-order valence-corrected chi connectivity index (χ2v) is 17.1. The Balaban J connectivity index is 0.939. The van der Waals surface area contributed by atoms with Crippen LogP contribution in [0.5, 0.6) is 0 Å². The van der Waals surface area contributed by atoms with Gasteiger partial charge in [-0.15, -0.1) is 0 Å². The van der Waals surface area contributed by atoms with Crippen LogP contribution in [0.4, 0.5) is 0 Å². The fourth-order valence-electron chi connectivity index (χ4n) is 9.37. The maximum Gasteiger partial charge on any atom is 0.164 e. The van der Waals surface area contributed by atoms with E-state index in [4.69, 9.17) is 15.0 Å². The van der Waals surface area contributed by atoms with E-state index in [0.717, 1.165) is 50.0 Å². The molecule has 294 valence electrons. The summed E-state index contributed by atoms with van der Waals surface area (Å²) in [6.07, 6.45) is 0. The van der Waals surface area contributed by atoms with Crippen molar-refractivity contribution in [2.75, 3.05) is 0 Å². The molecule has 13 rings (SSSR count). The van der Waals surface area contributed by atoms with Crippen molar-refractivity contribution < 1.29 is 0 Å². The van der Waals surface area contributed by atoms with E-state index < -0.39 is 0 Å². The number of benzene rings is 9. The summed E-state index contributed by atoms with van der Waals surface area (Å²) in [6, 6.07) is 75.5. The number of hydrogen-bond donors (Lipinski definition) is 0. The van der Waals surface area contributed by atoms with Crippen LogP contribution in [-0.2, 0) is 0 Å². The average molecular weight is 822 g/mol. The lowest BCUT2D eigenvalue weighted by molar-refractivity contribution is 1.03. The molecule has 0 atom stereocenters.